The molecule has 6 N–H and O–H groups in total. The van der Waals surface area contributed by atoms with Crippen LogP contribution in [0.25, 0.3) is 0 Å². The molecule has 0 aromatic heterocycles. The number of amides is 2. The van der Waals surface area contributed by atoms with Crippen molar-refractivity contribution in [1.29, 1.82) is 0 Å². The van der Waals surface area contributed by atoms with Crippen LogP contribution in [0, 0.1) is 0 Å². The molecule has 0 aliphatic heterocycles. The Kier molecular flexibility index (Phi) is 4.71. The van der Waals surface area contributed by atoms with Gasteiger partial charge in [-0.05, 0) is 18.2 Å². The van der Waals surface area contributed by atoms with Crippen molar-refractivity contribution >= 4 is 35.1 Å². The van der Waals surface area contributed by atoms with Crippen molar-refractivity contribution in [3.8, 4) is 0 Å². The summed E-state index contributed by atoms with van der Waals surface area (Å²) in [5.74, 6) is -2.87. The first-order valence-electron chi connectivity index (χ1n) is 5.18. The van der Waals surface area contributed by atoms with Gasteiger partial charge in [0.05, 0.1) is 17.1 Å². The van der Waals surface area contributed by atoms with Crippen molar-refractivity contribution in [3.63, 3.8) is 0 Å². The summed E-state index contributed by atoms with van der Waals surface area (Å²) in [6.45, 7) is 0. The molecule has 1 aromatic rings. The standard InChI is InChI=1S/C11H12ClN3O4/c12-6-2-1-5(3-7(6)13)10(17)15-8(11(18)19)4-9(14)16/h1-3,8H,4,13H2,(H2,14,16)(H,15,17)(H,18,19)/t8-/m0/s1. The number of aliphatic carboxylic acids is 1. The van der Waals surface area contributed by atoms with E-state index in [-0.39, 0.29) is 16.3 Å². The number of hydrogen-bond donors (Lipinski definition) is 4. The van der Waals surface area contributed by atoms with E-state index in [1.54, 1.807) is 0 Å². The average molecular weight is 286 g/mol. The van der Waals surface area contributed by atoms with E-state index < -0.39 is 30.2 Å². The van der Waals surface area contributed by atoms with Gasteiger partial charge >= 0.3 is 5.97 Å². The lowest BCUT2D eigenvalue weighted by Gasteiger charge is -2.13. The number of carboxylic acid groups (broad SMARTS) is 1. The average Bonchev–Trinajstić information content (AvgIpc) is 2.31. The minimum atomic E-state index is -1.39. The van der Waals surface area contributed by atoms with Crippen molar-refractivity contribution in [2.24, 2.45) is 5.73 Å². The Labute approximate surface area is 113 Å². The van der Waals surface area contributed by atoms with E-state index in [2.05, 4.69) is 5.32 Å². The molecule has 7 nitrogen and oxygen atoms in total. The van der Waals surface area contributed by atoms with Gasteiger partial charge in [-0.15, -0.1) is 0 Å². The second-order valence-electron chi connectivity index (χ2n) is 3.77. The van der Waals surface area contributed by atoms with Crippen molar-refractivity contribution < 1.29 is 19.5 Å². The van der Waals surface area contributed by atoms with Gasteiger partial charge < -0.3 is 21.9 Å². The predicted octanol–water partition coefficient (Wildman–Crippen LogP) is -0.0194. The van der Waals surface area contributed by atoms with Crippen LogP contribution in [0.1, 0.15) is 16.8 Å². The fourth-order valence-corrected chi connectivity index (χ4v) is 1.45. The van der Waals surface area contributed by atoms with Gasteiger partial charge in [-0.25, -0.2) is 4.79 Å². The molecule has 0 saturated heterocycles. The summed E-state index contributed by atoms with van der Waals surface area (Å²) in [5.41, 5.74) is 10.8. The molecular formula is C11H12ClN3O4. The minimum Gasteiger partial charge on any atom is -0.480 e. The summed E-state index contributed by atoms with van der Waals surface area (Å²) in [7, 11) is 0. The van der Waals surface area contributed by atoms with Crippen molar-refractivity contribution in [2.45, 2.75) is 12.5 Å². The summed E-state index contributed by atoms with van der Waals surface area (Å²) >= 11 is 5.70. The molecule has 0 spiro atoms. The van der Waals surface area contributed by atoms with E-state index in [1.807, 2.05) is 0 Å². The lowest BCUT2D eigenvalue weighted by molar-refractivity contribution is -0.140. The Morgan fingerprint density at radius 3 is 2.47 bits per heavy atom. The van der Waals surface area contributed by atoms with E-state index >= 15 is 0 Å². The first-order chi connectivity index (χ1) is 8.81. The molecule has 19 heavy (non-hydrogen) atoms. The zero-order valence-corrected chi connectivity index (χ0v) is 10.5. The van der Waals surface area contributed by atoms with Gasteiger partial charge in [0.2, 0.25) is 5.91 Å². The smallest absolute Gasteiger partial charge is 0.326 e. The number of nitrogen functional groups attached to an aromatic ring is 1. The Hall–Kier alpha value is -2.28. The number of nitrogens with two attached hydrogens (primary N) is 2. The van der Waals surface area contributed by atoms with E-state index in [9.17, 15) is 14.4 Å². The maximum Gasteiger partial charge on any atom is 0.326 e. The van der Waals surface area contributed by atoms with Gasteiger partial charge in [0.1, 0.15) is 6.04 Å². The van der Waals surface area contributed by atoms with Gasteiger partial charge in [0, 0.05) is 5.56 Å². The molecule has 8 heteroatoms. The van der Waals surface area contributed by atoms with Crippen molar-refractivity contribution in [3.05, 3.63) is 28.8 Å². The second kappa shape index (κ2) is 6.05. The third kappa shape index (κ3) is 4.14. The molecule has 2 amide bonds. The van der Waals surface area contributed by atoms with Gasteiger partial charge in [-0.2, -0.15) is 0 Å². The molecule has 0 unspecified atom stereocenters. The maximum absolute atomic E-state index is 11.8. The fourth-order valence-electron chi connectivity index (χ4n) is 1.33. The highest BCUT2D eigenvalue weighted by Crippen LogP contribution is 2.19. The third-order valence-corrected chi connectivity index (χ3v) is 2.61. The van der Waals surface area contributed by atoms with Gasteiger partial charge in [0.15, 0.2) is 0 Å². The van der Waals surface area contributed by atoms with E-state index in [0.717, 1.165) is 0 Å². The van der Waals surface area contributed by atoms with E-state index in [0.29, 0.717) is 0 Å². The number of carbonyl (C=O) groups excluding carboxylic acids is 2. The number of halogens is 1. The lowest BCUT2D eigenvalue weighted by Crippen LogP contribution is -2.43. The van der Waals surface area contributed by atoms with Crippen LogP contribution in [0.15, 0.2) is 18.2 Å². The van der Waals surface area contributed by atoms with Crippen LogP contribution in [0.2, 0.25) is 5.02 Å². The third-order valence-electron chi connectivity index (χ3n) is 2.27. The fraction of sp³-hybridized carbons (Fsp3) is 0.182. The number of nitrogens with one attached hydrogen (secondary N) is 1. The van der Waals surface area contributed by atoms with Gasteiger partial charge in [0.25, 0.3) is 5.91 Å². The highest BCUT2D eigenvalue weighted by molar-refractivity contribution is 6.33. The summed E-state index contributed by atoms with van der Waals surface area (Å²) in [6, 6.07) is 2.72. The molecule has 0 bridgehead atoms. The quantitative estimate of drug-likeness (QED) is 0.564. The molecule has 0 aliphatic carbocycles. The van der Waals surface area contributed by atoms with Crippen LogP contribution < -0.4 is 16.8 Å². The molecule has 102 valence electrons. The summed E-state index contributed by atoms with van der Waals surface area (Å²) in [5, 5.41) is 11.3. The predicted molar refractivity (Wildman–Crippen MR) is 68.6 cm³/mol. The molecular weight excluding hydrogens is 274 g/mol. The van der Waals surface area contributed by atoms with Crippen LogP contribution in [0.5, 0.6) is 0 Å². The van der Waals surface area contributed by atoms with Gasteiger partial charge in [-0.1, -0.05) is 11.6 Å². The van der Waals surface area contributed by atoms with E-state index in [4.69, 9.17) is 28.2 Å². The Balaban J connectivity index is 2.84. The molecule has 0 fully saturated rings. The highest BCUT2D eigenvalue weighted by atomic mass is 35.5. The van der Waals surface area contributed by atoms with Crippen molar-refractivity contribution in [1.82, 2.24) is 5.32 Å². The number of primary amides is 1. The topological polar surface area (TPSA) is 136 Å². The molecule has 1 atom stereocenters. The zero-order valence-electron chi connectivity index (χ0n) is 9.72. The lowest BCUT2D eigenvalue weighted by atomic mass is 10.1. The largest absolute Gasteiger partial charge is 0.480 e. The first kappa shape index (κ1) is 14.8. The van der Waals surface area contributed by atoms with E-state index in [1.165, 1.54) is 18.2 Å². The van der Waals surface area contributed by atoms with Crippen molar-refractivity contribution in [2.75, 3.05) is 5.73 Å². The Morgan fingerprint density at radius 1 is 1.37 bits per heavy atom. The molecule has 1 rings (SSSR count). The second-order valence-corrected chi connectivity index (χ2v) is 4.18. The number of anilines is 1. The van der Waals surface area contributed by atoms with Crippen LogP contribution >= 0.6 is 11.6 Å². The van der Waals surface area contributed by atoms with Crippen LogP contribution in [-0.2, 0) is 9.59 Å². The molecule has 0 aliphatic rings. The molecule has 0 radical (unpaired) electrons. The minimum absolute atomic E-state index is 0.137. The molecule has 0 heterocycles. The summed E-state index contributed by atoms with van der Waals surface area (Å²) in [4.78, 5) is 33.3. The number of carboxylic acids is 1. The summed E-state index contributed by atoms with van der Waals surface area (Å²) in [6.07, 6.45) is -0.496. The normalized spacial score (nSPS) is 11.6. The summed E-state index contributed by atoms with van der Waals surface area (Å²) < 4.78 is 0. The Bertz CT molecular complexity index is 533. The SMILES string of the molecule is NC(=O)C[C@H](NC(=O)c1ccc(Cl)c(N)c1)C(=O)O. The van der Waals surface area contributed by atoms with Crippen LogP contribution in [0.4, 0.5) is 5.69 Å². The Morgan fingerprint density at radius 2 is 2.00 bits per heavy atom. The number of rotatable bonds is 5. The first-order valence-corrected chi connectivity index (χ1v) is 5.56. The number of carbonyl (C=O) groups is 3. The van der Waals surface area contributed by atoms with Crippen LogP contribution in [-0.4, -0.2) is 28.9 Å². The zero-order chi connectivity index (χ0) is 14.6. The highest BCUT2D eigenvalue weighted by Gasteiger charge is 2.22. The number of hydrogen-bond acceptors (Lipinski definition) is 4. The van der Waals surface area contributed by atoms with Gasteiger partial charge in [-0.3, -0.25) is 9.59 Å². The number of benzene rings is 1. The monoisotopic (exact) mass is 285 g/mol. The maximum atomic E-state index is 11.8. The van der Waals surface area contributed by atoms with Crippen LogP contribution in [0.3, 0.4) is 0 Å². The molecule has 1 aromatic carbocycles. The molecule has 0 saturated carbocycles.